The molecule has 5 nitrogen and oxygen atoms in total. The summed E-state index contributed by atoms with van der Waals surface area (Å²) in [6.45, 7) is 0. The molecule has 6 heteroatoms. The van der Waals surface area contributed by atoms with Gasteiger partial charge in [0.15, 0.2) is 11.5 Å². The van der Waals surface area contributed by atoms with Crippen LogP contribution >= 0.6 is 11.8 Å². The van der Waals surface area contributed by atoms with Gasteiger partial charge in [0.05, 0.1) is 19.0 Å². The van der Waals surface area contributed by atoms with Gasteiger partial charge in [-0.3, -0.25) is 4.79 Å². The van der Waals surface area contributed by atoms with E-state index in [1.54, 1.807) is 43.3 Å². The number of nitrogens with zero attached hydrogens (tertiary/aromatic N) is 1. The Morgan fingerprint density at radius 2 is 1.78 bits per heavy atom. The van der Waals surface area contributed by atoms with Crippen molar-refractivity contribution in [3.63, 3.8) is 0 Å². The van der Waals surface area contributed by atoms with Crippen molar-refractivity contribution in [2.24, 2.45) is 0 Å². The van der Waals surface area contributed by atoms with Crippen LogP contribution in [-0.2, 0) is 5.75 Å². The fourth-order valence-corrected chi connectivity index (χ4v) is 2.98. The van der Waals surface area contributed by atoms with Gasteiger partial charge in [-0.25, -0.2) is 4.98 Å². The molecule has 0 unspecified atom stereocenters. The van der Waals surface area contributed by atoms with Crippen molar-refractivity contribution in [2.45, 2.75) is 5.75 Å². The van der Waals surface area contributed by atoms with Crippen molar-refractivity contribution in [1.82, 2.24) is 4.98 Å². The number of anilines is 1. The number of amides is 1. The van der Waals surface area contributed by atoms with Gasteiger partial charge in [-0.1, -0.05) is 24.3 Å². The first-order chi connectivity index (χ1) is 13.2. The molecule has 1 amide bonds. The lowest BCUT2D eigenvalue weighted by Crippen LogP contribution is -2.12. The van der Waals surface area contributed by atoms with E-state index in [2.05, 4.69) is 16.6 Å². The average molecular weight is 380 g/mol. The minimum absolute atomic E-state index is 0.175. The van der Waals surface area contributed by atoms with Gasteiger partial charge in [0.25, 0.3) is 5.91 Å². The van der Waals surface area contributed by atoms with Crippen molar-refractivity contribution < 1.29 is 14.3 Å². The van der Waals surface area contributed by atoms with Crippen LogP contribution in [-0.4, -0.2) is 24.3 Å². The fraction of sp³-hybridized carbons (Fsp3) is 0.143. The number of rotatable bonds is 7. The molecule has 1 heterocycles. The molecule has 0 aliphatic rings. The predicted octanol–water partition coefficient (Wildman–Crippen LogP) is 5.00. The van der Waals surface area contributed by atoms with Crippen molar-refractivity contribution in [3.05, 3.63) is 78.0 Å². The van der Waals surface area contributed by atoms with Crippen LogP contribution < -0.4 is 14.8 Å². The summed E-state index contributed by atoms with van der Waals surface area (Å²) >= 11 is 1.75. The molecule has 0 bridgehead atoms. The van der Waals surface area contributed by atoms with Crippen LogP contribution in [0.1, 0.15) is 15.9 Å². The number of methoxy groups -OCH3 is 1. The van der Waals surface area contributed by atoms with Gasteiger partial charge >= 0.3 is 0 Å². The minimum atomic E-state index is -0.175. The summed E-state index contributed by atoms with van der Waals surface area (Å²) < 4.78 is 11.0. The summed E-state index contributed by atoms with van der Waals surface area (Å²) in [7, 11) is 1.59. The van der Waals surface area contributed by atoms with Gasteiger partial charge in [-0.2, -0.15) is 11.8 Å². The average Bonchev–Trinajstić information content (AvgIpc) is 2.70. The van der Waals surface area contributed by atoms with Gasteiger partial charge in [0.2, 0.25) is 5.88 Å². The van der Waals surface area contributed by atoms with E-state index in [0.717, 1.165) is 5.75 Å². The molecule has 0 atom stereocenters. The second kappa shape index (κ2) is 9.09. The second-order valence-corrected chi connectivity index (χ2v) is 6.59. The molecular weight excluding hydrogens is 360 g/mol. The van der Waals surface area contributed by atoms with Crippen LogP contribution in [0.15, 0.2) is 66.9 Å². The zero-order valence-corrected chi connectivity index (χ0v) is 16.0. The van der Waals surface area contributed by atoms with Crippen molar-refractivity contribution >= 4 is 23.4 Å². The van der Waals surface area contributed by atoms with Crippen LogP contribution in [0.25, 0.3) is 0 Å². The highest BCUT2D eigenvalue weighted by molar-refractivity contribution is 7.97. The molecule has 27 heavy (non-hydrogen) atoms. The number of pyridine rings is 1. The highest BCUT2D eigenvalue weighted by Gasteiger charge is 2.08. The normalized spacial score (nSPS) is 10.3. The maximum atomic E-state index is 12.4. The van der Waals surface area contributed by atoms with Crippen LogP contribution in [0.4, 0.5) is 5.69 Å². The largest absolute Gasteiger partial charge is 0.493 e. The van der Waals surface area contributed by atoms with E-state index in [1.807, 2.05) is 42.5 Å². The van der Waals surface area contributed by atoms with E-state index in [4.69, 9.17) is 9.47 Å². The Bertz CT molecular complexity index is 896. The number of benzene rings is 2. The number of hydrogen-bond acceptors (Lipinski definition) is 5. The van der Waals surface area contributed by atoms with Gasteiger partial charge in [0, 0.05) is 17.4 Å². The topological polar surface area (TPSA) is 60.5 Å². The summed E-state index contributed by atoms with van der Waals surface area (Å²) in [5.41, 5.74) is 2.40. The Kier molecular flexibility index (Phi) is 6.33. The molecule has 0 spiro atoms. The fourth-order valence-electron chi connectivity index (χ4n) is 2.45. The van der Waals surface area contributed by atoms with Crippen molar-refractivity contribution in [1.29, 1.82) is 0 Å². The summed E-state index contributed by atoms with van der Waals surface area (Å²) in [4.78, 5) is 16.6. The smallest absolute Gasteiger partial charge is 0.255 e. The maximum Gasteiger partial charge on any atom is 0.255 e. The van der Waals surface area contributed by atoms with Gasteiger partial charge < -0.3 is 14.8 Å². The predicted molar refractivity (Wildman–Crippen MR) is 109 cm³/mol. The molecule has 138 valence electrons. The van der Waals surface area contributed by atoms with Crippen molar-refractivity contribution in [3.8, 4) is 17.4 Å². The van der Waals surface area contributed by atoms with E-state index in [-0.39, 0.29) is 5.91 Å². The molecule has 0 aliphatic carbocycles. The molecule has 3 aromatic rings. The number of hydrogen-bond donors (Lipinski definition) is 1. The summed E-state index contributed by atoms with van der Waals surface area (Å²) in [5, 5.41) is 2.84. The molecular formula is C21H20N2O3S. The quantitative estimate of drug-likeness (QED) is 0.625. The molecule has 0 fully saturated rings. The molecule has 0 saturated heterocycles. The van der Waals surface area contributed by atoms with Crippen molar-refractivity contribution in [2.75, 3.05) is 18.7 Å². The summed E-state index contributed by atoms with van der Waals surface area (Å²) in [5.74, 6) is 2.38. The van der Waals surface area contributed by atoms with Crippen LogP contribution in [0.2, 0.25) is 0 Å². The zero-order chi connectivity index (χ0) is 19.1. The SMILES string of the molecule is COc1ccccc1Oc1ccc(NC(=O)c2ccc(CSC)cc2)cn1. The molecule has 0 saturated carbocycles. The number of ether oxygens (including phenoxy) is 2. The molecule has 1 N–H and O–H groups in total. The Balaban J connectivity index is 1.64. The zero-order valence-electron chi connectivity index (χ0n) is 15.1. The third kappa shape index (κ3) is 5.01. The van der Waals surface area contributed by atoms with Gasteiger partial charge in [0.1, 0.15) is 0 Å². The van der Waals surface area contributed by atoms with E-state index < -0.39 is 0 Å². The Morgan fingerprint density at radius 3 is 2.41 bits per heavy atom. The lowest BCUT2D eigenvalue weighted by Gasteiger charge is -2.10. The van der Waals surface area contributed by atoms with Crippen LogP contribution in [0.3, 0.4) is 0 Å². The number of para-hydroxylation sites is 2. The molecule has 2 aromatic carbocycles. The van der Waals surface area contributed by atoms with E-state index >= 15 is 0 Å². The lowest BCUT2D eigenvalue weighted by atomic mass is 10.1. The maximum absolute atomic E-state index is 12.4. The first kappa shape index (κ1) is 18.8. The summed E-state index contributed by atoms with van der Waals surface area (Å²) in [6, 6.07) is 18.4. The van der Waals surface area contributed by atoms with E-state index in [1.165, 1.54) is 5.56 Å². The van der Waals surface area contributed by atoms with Crippen LogP contribution in [0, 0.1) is 0 Å². The Hall–Kier alpha value is -2.99. The first-order valence-electron chi connectivity index (χ1n) is 8.36. The lowest BCUT2D eigenvalue weighted by molar-refractivity contribution is 0.102. The number of carbonyl (C=O) groups excluding carboxylic acids is 1. The second-order valence-electron chi connectivity index (χ2n) is 5.72. The molecule has 3 rings (SSSR count). The highest BCUT2D eigenvalue weighted by Crippen LogP contribution is 2.30. The minimum Gasteiger partial charge on any atom is -0.493 e. The van der Waals surface area contributed by atoms with E-state index in [0.29, 0.717) is 28.6 Å². The number of nitrogens with one attached hydrogen (secondary N) is 1. The Labute approximate surface area is 162 Å². The van der Waals surface area contributed by atoms with E-state index in [9.17, 15) is 4.79 Å². The highest BCUT2D eigenvalue weighted by atomic mass is 32.2. The monoisotopic (exact) mass is 380 g/mol. The van der Waals surface area contributed by atoms with Gasteiger partial charge in [-0.05, 0) is 42.2 Å². The molecule has 1 aromatic heterocycles. The number of carbonyl (C=O) groups is 1. The first-order valence-corrected chi connectivity index (χ1v) is 9.75. The number of aromatic nitrogens is 1. The third-order valence-electron chi connectivity index (χ3n) is 3.80. The van der Waals surface area contributed by atoms with Crippen LogP contribution in [0.5, 0.6) is 17.4 Å². The summed E-state index contributed by atoms with van der Waals surface area (Å²) in [6.07, 6.45) is 3.61. The molecule has 0 radical (unpaired) electrons. The third-order valence-corrected chi connectivity index (χ3v) is 4.43. The standard InChI is InChI=1S/C21H20N2O3S/c1-25-18-5-3-4-6-19(18)26-20-12-11-17(13-22-20)23-21(24)16-9-7-15(8-10-16)14-27-2/h3-13H,14H2,1-2H3,(H,23,24). The number of thioether (sulfide) groups is 1. The van der Waals surface area contributed by atoms with Gasteiger partial charge in [-0.15, -0.1) is 0 Å². The Morgan fingerprint density at radius 1 is 1.04 bits per heavy atom. The molecule has 0 aliphatic heterocycles.